The monoisotopic (exact) mass is 407 g/mol. The fourth-order valence-electron chi connectivity index (χ4n) is 4.42. The van der Waals surface area contributed by atoms with E-state index in [-0.39, 0.29) is 5.91 Å². The van der Waals surface area contributed by atoms with Crippen molar-refractivity contribution >= 4 is 24.0 Å². The maximum atomic E-state index is 12.4. The maximum Gasteiger partial charge on any atom is 0.271 e. The summed E-state index contributed by atoms with van der Waals surface area (Å²) < 4.78 is 0. The average molecular weight is 408 g/mol. The van der Waals surface area contributed by atoms with Gasteiger partial charge in [-0.15, -0.1) is 0 Å². The summed E-state index contributed by atoms with van der Waals surface area (Å²) in [5, 5.41) is 4.12. The Balaban J connectivity index is 1.19. The molecule has 0 spiro atoms. The van der Waals surface area contributed by atoms with Gasteiger partial charge >= 0.3 is 0 Å². The molecule has 0 radical (unpaired) electrons. The van der Waals surface area contributed by atoms with Gasteiger partial charge in [0.15, 0.2) is 0 Å². The number of aryl methyl sites for hydroxylation is 4. The highest BCUT2D eigenvalue weighted by Crippen LogP contribution is 2.23. The normalized spacial score (nSPS) is 14.8. The van der Waals surface area contributed by atoms with Gasteiger partial charge in [0.1, 0.15) is 0 Å². The highest BCUT2D eigenvalue weighted by Gasteiger charge is 2.11. The quantitative estimate of drug-likeness (QED) is 0.460. The molecule has 2 aliphatic rings. The number of hydrogen-bond acceptors (Lipinski definition) is 3. The zero-order chi connectivity index (χ0) is 21.0. The molecule has 4 nitrogen and oxygen atoms in total. The third-order valence-corrected chi connectivity index (χ3v) is 6.12. The number of benzene rings is 3. The number of fused-ring (bicyclic) bond motifs is 2. The van der Waals surface area contributed by atoms with Crippen LogP contribution in [-0.2, 0) is 25.7 Å². The molecule has 0 fully saturated rings. The van der Waals surface area contributed by atoms with E-state index >= 15 is 0 Å². The van der Waals surface area contributed by atoms with E-state index in [2.05, 4.69) is 45.9 Å². The molecule has 31 heavy (non-hydrogen) atoms. The summed E-state index contributed by atoms with van der Waals surface area (Å²) in [4.78, 5) is 16.9. The minimum absolute atomic E-state index is 0.230. The van der Waals surface area contributed by atoms with E-state index in [1.165, 1.54) is 41.5 Å². The van der Waals surface area contributed by atoms with Crippen LogP contribution in [0.1, 0.15) is 56.6 Å². The van der Waals surface area contributed by atoms with Gasteiger partial charge in [0.2, 0.25) is 0 Å². The molecule has 154 valence electrons. The molecule has 0 saturated heterocycles. The zero-order valence-electron chi connectivity index (χ0n) is 17.5. The van der Waals surface area contributed by atoms with Crippen molar-refractivity contribution in [1.29, 1.82) is 0 Å². The minimum Gasteiger partial charge on any atom is -0.267 e. The highest BCUT2D eigenvalue weighted by atomic mass is 16.2. The van der Waals surface area contributed by atoms with E-state index < -0.39 is 0 Å². The molecule has 3 aromatic carbocycles. The molecule has 1 N–H and O–H groups in total. The number of hydrogen-bond donors (Lipinski definition) is 1. The van der Waals surface area contributed by atoms with Crippen molar-refractivity contribution in [1.82, 2.24) is 5.43 Å². The molecule has 0 aromatic heterocycles. The fourth-order valence-corrected chi connectivity index (χ4v) is 4.42. The molecule has 0 unspecified atom stereocenters. The average Bonchev–Trinajstić information content (AvgIpc) is 3.46. The lowest BCUT2D eigenvalue weighted by Crippen LogP contribution is -2.17. The number of nitrogens with zero attached hydrogens (tertiary/aromatic N) is 2. The van der Waals surface area contributed by atoms with E-state index in [9.17, 15) is 4.79 Å². The van der Waals surface area contributed by atoms with Crippen LogP contribution >= 0.6 is 0 Å². The Morgan fingerprint density at radius 1 is 0.710 bits per heavy atom. The fraction of sp³-hybridized carbons (Fsp3) is 0.222. The molecular formula is C27H25N3O. The van der Waals surface area contributed by atoms with Crippen molar-refractivity contribution in [2.75, 3.05) is 0 Å². The summed E-state index contributed by atoms with van der Waals surface area (Å²) in [6.07, 6.45) is 10.7. The molecule has 0 aliphatic heterocycles. The van der Waals surface area contributed by atoms with Crippen molar-refractivity contribution in [2.45, 2.75) is 38.5 Å². The highest BCUT2D eigenvalue weighted by molar-refractivity contribution is 5.95. The summed E-state index contributed by atoms with van der Waals surface area (Å²) in [5.41, 5.74) is 11.8. The van der Waals surface area contributed by atoms with Crippen LogP contribution in [0.15, 0.2) is 70.8 Å². The van der Waals surface area contributed by atoms with E-state index in [4.69, 9.17) is 0 Å². The van der Waals surface area contributed by atoms with Crippen molar-refractivity contribution < 1.29 is 4.79 Å². The number of aliphatic imine (C=N–C) groups is 1. The Morgan fingerprint density at radius 2 is 1.29 bits per heavy atom. The van der Waals surface area contributed by atoms with Crippen LogP contribution < -0.4 is 5.43 Å². The molecule has 3 aromatic rings. The summed E-state index contributed by atoms with van der Waals surface area (Å²) in [5.74, 6) is -0.230. The van der Waals surface area contributed by atoms with Gasteiger partial charge in [0.05, 0.1) is 11.9 Å². The number of nitrogens with one attached hydrogen (secondary N) is 1. The lowest BCUT2D eigenvalue weighted by Gasteiger charge is -2.02. The van der Waals surface area contributed by atoms with Gasteiger partial charge in [-0.25, -0.2) is 5.43 Å². The Labute approximate surface area is 182 Å². The minimum atomic E-state index is -0.230. The number of carbonyl (C=O) groups excluding carboxylic acids is 1. The third kappa shape index (κ3) is 4.48. The summed E-state index contributed by atoms with van der Waals surface area (Å²) >= 11 is 0. The Kier molecular flexibility index (Phi) is 5.44. The van der Waals surface area contributed by atoms with Crippen molar-refractivity contribution in [3.8, 4) is 0 Å². The summed E-state index contributed by atoms with van der Waals surface area (Å²) in [6, 6.07) is 20.2. The van der Waals surface area contributed by atoms with Crippen LogP contribution in [0.3, 0.4) is 0 Å². The lowest BCUT2D eigenvalue weighted by molar-refractivity contribution is 0.0955. The second-order valence-electron chi connectivity index (χ2n) is 8.27. The summed E-state index contributed by atoms with van der Waals surface area (Å²) in [7, 11) is 0. The van der Waals surface area contributed by atoms with Crippen LogP contribution in [0.25, 0.3) is 0 Å². The first kappa shape index (κ1) is 19.4. The van der Waals surface area contributed by atoms with E-state index in [0.717, 1.165) is 36.1 Å². The van der Waals surface area contributed by atoms with E-state index in [1.807, 2.05) is 24.4 Å². The number of amides is 1. The first-order chi connectivity index (χ1) is 15.2. The van der Waals surface area contributed by atoms with Gasteiger partial charge in [-0.05, 0) is 108 Å². The van der Waals surface area contributed by atoms with Gasteiger partial charge in [0, 0.05) is 11.8 Å². The van der Waals surface area contributed by atoms with Gasteiger partial charge in [0.25, 0.3) is 5.91 Å². The van der Waals surface area contributed by atoms with Crippen LogP contribution in [0.2, 0.25) is 0 Å². The Bertz CT molecular complexity index is 1180. The largest absolute Gasteiger partial charge is 0.271 e. The third-order valence-electron chi connectivity index (χ3n) is 6.12. The standard InChI is InChI=1S/C27H25N3O/c31-27(30-29-18-20-8-10-22-4-2-6-25(22)16-20)23-11-13-26(14-12-23)28-17-19-7-9-21-3-1-5-24(21)15-19/h7-18H,1-6H2,(H,30,31)/b28-17?,29-18-. The number of rotatable bonds is 5. The first-order valence-corrected chi connectivity index (χ1v) is 11.0. The van der Waals surface area contributed by atoms with Crippen molar-refractivity contribution in [2.24, 2.45) is 10.1 Å². The second kappa shape index (κ2) is 8.68. The molecule has 0 saturated carbocycles. The van der Waals surface area contributed by atoms with E-state index in [1.54, 1.807) is 18.3 Å². The summed E-state index contributed by atoms with van der Waals surface area (Å²) in [6.45, 7) is 0. The van der Waals surface area contributed by atoms with Crippen LogP contribution in [0.5, 0.6) is 0 Å². The van der Waals surface area contributed by atoms with Gasteiger partial charge in [-0.3, -0.25) is 9.79 Å². The zero-order valence-corrected chi connectivity index (χ0v) is 17.5. The molecule has 0 atom stereocenters. The number of hydrazone groups is 1. The van der Waals surface area contributed by atoms with Crippen LogP contribution in [0, 0.1) is 0 Å². The number of carbonyl (C=O) groups is 1. The molecule has 0 heterocycles. The Hall–Kier alpha value is -3.53. The molecule has 5 rings (SSSR count). The molecule has 2 aliphatic carbocycles. The molecule has 1 amide bonds. The SMILES string of the molecule is O=C(N/N=C\c1ccc2c(c1)CCC2)c1ccc(N=Cc2ccc3c(c2)CCC3)cc1. The van der Waals surface area contributed by atoms with Crippen molar-refractivity contribution in [3.63, 3.8) is 0 Å². The van der Waals surface area contributed by atoms with Gasteiger partial charge < -0.3 is 0 Å². The predicted molar refractivity (Wildman–Crippen MR) is 126 cm³/mol. The topological polar surface area (TPSA) is 53.8 Å². The van der Waals surface area contributed by atoms with Crippen LogP contribution in [-0.4, -0.2) is 18.3 Å². The molecule has 4 heteroatoms. The van der Waals surface area contributed by atoms with E-state index in [0.29, 0.717) is 5.56 Å². The molecule has 0 bridgehead atoms. The molecular weight excluding hydrogens is 382 g/mol. The maximum absolute atomic E-state index is 12.4. The van der Waals surface area contributed by atoms with Gasteiger partial charge in [-0.1, -0.05) is 24.3 Å². The predicted octanol–water partition coefficient (Wildman–Crippen LogP) is 5.18. The Morgan fingerprint density at radius 3 is 1.94 bits per heavy atom. The lowest BCUT2D eigenvalue weighted by atomic mass is 10.1. The first-order valence-electron chi connectivity index (χ1n) is 11.0. The van der Waals surface area contributed by atoms with Gasteiger partial charge in [-0.2, -0.15) is 5.10 Å². The van der Waals surface area contributed by atoms with Crippen molar-refractivity contribution in [3.05, 3.63) is 99.6 Å². The van der Waals surface area contributed by atoms with Crippen LogP contribution in [0.4, 0.5) is 5.69 Å². The second-order valence-corrected chi connectivity index (χ2v) is 8.27. The smallest absolute Gasteiger partial charge is 0.267 e.